The van der Waals surface area contributed by atoms with Crippen LogP contribution in [0.1, 0.15) is 53.0 Å². The predicted octanol–water partition coefficient (Wildman–Crippen LogP) is 5.03. The molecule has 0 amide bonds. The Balaban J connectivity index is 2.16. The summed E-state index contributed by atoms with van der Waals surface area (Å²) in [6, 6.07) is 8.48. The molecular formula is C18H28ClN. The van der Waals surface area contributed by atoms with Gasteiger partial charge in [0.1, 0.15) is 0 Å². The fourth-order valence-corrected chi connectivity index (χ4v) is 3.26. The van der Waals surface area contributed by atoms with E-state index in [0.29, 0.717) is 5.41 Å². The van der Waals surface area contributed by atoms with Gasteiger partial charge < -0.3 is 5.32 Å². The summed E-state index contributed by atoms with van der Waals surface area (Å²) >= 11 is 6.04. The van der Waals surface area contributed by atoms with Crippen LogP contribution < -0.4 is 5.32 Å². The second-order valence-electron chi connectivity index (χ2n) is 7.80. The van der Waals surface area contributed by atoms with Crippen LogP contribution in [0.4, 0.5) is 0 Å². The van der Waals surface area contributed by atoms with Crippen molar-refractivity contribution in [1.29, 1.82) is 0 Å². The van der Waals surface area contributed by atoms with Gasteiger partial charge in [-0.1, -0.05) is 37.6 Å². The number of benzene rings is 1. The topological polar surface area (TPSA) is 12.0 Å². The van der Waals surface area contributed by atoms with Crippen molar-refractivity contribution in [2.75, 3.05) is 6.54 Å². The first-order valence-electron chi connectivity index (χ1n) is 7.73. The van der Waals surface area contributed by atoms with Crippen molar-refractivity contribution in [2.45, 2.75) is 58.4 Å². The van der Waals surface area contributed by atoms with Gasteiger partial charge in [0.25, 0.3) is 0 Å². The van der Waals surface area contributed by atoms with Crippen LogP contribution in [0.15, 0.2) is 24.3 Å². The van der Waals surface area contributed by atoms with Gasteiger partial charge in [-0.2, -0.15) is 0 Å². The van der Waals surface area contributed by atoms with Crippen LogP contribution in [0.5, 0.6) is 0 Å². The second kappa shape index (κ2) is 5.69. The van der Waals surface area contributed by atoms with Crippen LogP contribution in [0, 0.1) is 11.8 Å². The summed E-state index contributed by atoms with van der Waals surface area (Å²) in [4.78, 5) is 0. The van der Waals surface area contributed by atoms with E-state index in [9.17, 15) is 0 Å². The molecule has 0 aromatic heterocycles. The molecule has 1 aromatic rings. The van der Waals surface area contributed by atoms with Crippen LogP contribution in [0.2, 0.25) is 5.02 Å². The highest BCUT2D eigenvalue weighted by Crippen LogP contribution is 2.50. The molecular weight excluding hydrogens is 266 g/mol. The van der Waals surface area contributed by atoms with Crippen molar-refractivity contribution in [3.63, 3.8) is 0 Å². The van der Waals surface area contributed by atoms with Gasteiger partial charge in [0.2, 0.25) is 0 Å². The van der Waals surface area contributed by atoms with Gasteiger partial charge in [-0.15, -0.1) is 0 Å². The van der Waals surface area contributed by atoms with E-state index < -0.39 is 0 Å². The van der Waals surface area contributed by atoms with Gasteiger partial charge >= 0.3 is 0 Å². The first kappa shape index (κ1) is 15.9. The van der Waals surface area contributed by atoms with Crippen molar-refractivity contribution < 1.29 is 0 Å². The average molecular weight is 294 g/mol. The number of halogens is 1. The van der Waals surface area contributed by atoms with Crippen LogP contribution in [0.25, 0.3) is 0 Å². The van der Waals surface area contributed by atoms with Crippen molar-refractivity contribution in [2.24, 2.45) is 11.8 Å². The molecule has 0 bridgehead atoms. The molecule has 1 saturated carbocycles. The molecule has 0 unspecified atom stereocenters. The van der Waals surface area contributed by atoms with Gasteiger partial charge in [0.15, 0.2) is 0 Å². The van der Waals surface area contributed by atoms with E-state index in [1.54, 1.807) is 0 Å². The molecule has 2 rings (SSSR count). The molecule has 1 aromatic carbocycles. The van der Waals surface area contributed by atoms with Gasteiger partial charge in [-0.05, 0) is 63.1 Å². The van der Waals surface area contributed by atoms with Crippen LogP contribution >= 0.6 is 11.6 Å². The normalized spacial score (nSPS) is 26.6. The SMILES string of the molecule is CC(C)C1CC(CNC(C)(C)C)(c2ccc(Cl)cc2)C1. The van der Waals surface area contributed by atoms with Crippen molar-refractivity contribution in [3.05, 3.63) is 34.9 Å². The fraction of sp³-hybridized carbons (Fsp3) is 0.667. The maximum Gasteiger partial charge on any atom is 0.0406 e. The maximum absolute atomic E-state index is 6.04. The van der Waals surface area contributed by atoms with E-state index in [1.807, 2.05) is 12.1 Å². The lowest BCUT2D eigenvalue weighted by Gasteiger charge is -2.51. The summed E-state index contributed by atoms with van der Waals surface area (Å²) in [5.41, 5.74) is 1.91. The summed E-state index contributed by atoms with van der Waals surface area (Å²) in [7, 11) is 0. The highest BCUT2D eigenvalue weighted by molar-refractivity contribution is 6.30. The Morgan fingerprint density at radius 3 is 2.20 bits per heavy atom. The Bertz CT molecular complexity index is 435. The third kappa shape index (κ3) is 3.56. The predicted molar refractivity (Wildman–Crippen MR) is 88.4 cm³/mol. The van der Waals surface area contributed by atoms with E-state index in [0.717, 1.165) is 23.4 Å². The molecule has 0 atom stereocenters. The lowest BCUT2D eigenvalue weighted by atomic mass is 9.55. The lowest BCUT2D eigenvalue weighted by molar-refractivity contribution is 0.0912. The van der Waals surface area contributed by atoms with Gasteiger partial charge in [0.05, 0.1) is 0 Å². The van der Waals surface area contributed by atoms with Crippen molar-refractivity contribution in [1.82, 2.24) is 5.32 Å². The molecule has 1 nitrogen and oxygen atoms in total. The fourth-order valence-electron chi connectivity index (χ4n) is 3.14. The zero-order valence-electron chi connectivity index (χ0n) is 13.5. The number of nitrogens with one attached hydrogen (secondary N) is 1. The smallest absolute Gasteiger partial charge is 0.0406 e. The first-order valence-corrected chi connectivity index (χ1v) is 8.11. The molecule has 2 heteroatoms. The van der Waals surface area contributed by atoms with Gasteiger partial charge in [-0.25, -0.2) is 0 Å². The third-order valence-electron chi connectivity index (χ3n) is 4.66. The molecule has 0 heterocycles. The van der Waals surface area contributed by atoms with Gasteiger partial charge in [0, 0.05) is 22.5 Å². The average Bonchev–Trinajstić information content (AvgIpc) is 2.27. The minimum Gasteiger partial charge on any atom is -0.311 e. The zero-order chi connectivity index (χ0) is 15.0. The summed E-state index contributed by atoms with van der Waals surface area (Å²) in [6.07, 6.45) is 2.57. The Hall–Kier alpha value is -0.530. The standard InChI is InChI=1S/C18H28ClN/c1-13(2)14-10-18(11-14,12-20-17(3,4)5)15-6-8-16(19)9-7-15/h6-9,13-14,20H,10-12H2,1-5H3. The molecule has 112 valence electrons. The Morgan fingerprint density at radius 1 is 1.20 bits per heavy atom. The van der Waals surface area contributed by atoms with Crippen LogP contribution in [0.3, 0.4) is 0 Å². The third-order valence-corrected chi connectivity index (χ3v) is 4.91. The Labute approximate surface area is 129 Å². The highest BCUT2D eigenvalue weighted by Gasteiger charge is 2.46. The van der Waals surface area contributed by atoms with Crippen LogP contribution in [-0.4, -0.2) is 12.1 Å². The quantitative estimate of drug-likeness (QED) is 0.821. The summed E-state index contributed by atoms with van der Waals surface area (Å²) in [6.45, 7) is 12.5. The monoisotopic (exact) mass is 293 g/mol. The Morgan fingerprint density at radius 2 is 1.75 bits per heavy atom. The molecule has 20 heavy (non-hydrogen) atoms. The zero-order valence-corrected chi connectivity index (χ0v) is 14.2. The van der Waals surface area contributed by atoms with Crippen molar-refractivity contribution in [3.8, 4) is 0 Å². The number of hydrogen-bond acceptors (Lipinski definition) is 1. The van der Waals surface area contributed by atoms with Crippen LogP contribution in [-0.2, 0) is 5.41 Å². The van der Waals surface area contributed by atoms with E-state index in [1.165, 1.54) is 18.4 Å². The molecule has 1 aliphatic carbocycles. The molecule has 0 saturated heterocycles. The highest BCUT2D eigenvalue weighted by atomic mass is 35.5. The molecule has 1 aliphatic rings. The molecule has 0 spiro atoms. The van der Waals surface area contributed by atoms with E-state index in [4.69, 9.17) is 11.6 Å². The largest absolute Gasteiger partial charge is 0.311 e. The summed E-state index contributed by atoms with van der Waals surface area (Å²) < 4.78 is 0. The molecule has 1 fully saturated rings. The Kier molecular flexibility index (Phi) is 4.51. The number of rotatable bonds is 4. The van der Waals surface area contributed by atoms with E-state index in [2.05, 4.69) is 52.1 Å². The van der Waals surface area contributed by atoms with E-state index >= 15 is 0 Å². The molecule has 1 N–H and O–H groups in total. The lowest BCUT2D eigenvalue weighted by Crippen LogP contribution is -2.53. The van der Waals surface area contributed by atoms with Gasteiger partial charge in [-0.3, -0.25) is 0 Å². The molecule has 0 aliphatic heterocycles. The van der Waals surface area contributed by atoms with Crippen molar-refractivity contribution >= 4 is 11.6 Å². The maximum atomic E-state index is 6.04. The summed E-state index contributed by atoms with van der Waals surface area (Å²) in [5.74, 6) is 1.64. The minimum atomic E-state index is 0.169. The van der Waals surface area contributed by atoms with E-state index in [-0.39, 0.29) is 5.54 Å². The molecule has 0 radical (unpaired) electrons. The summed E-state index contributed by atoms with van der Waals surface area (Å²) in [5, 5.41) is 4.53. The number of hydrogen-bond donors (Lipinski definition) is 1. The minimum absolute atomic E-state index is 0.169. The second-order valence-corrected chi connectivity index (χ2v) is 8.24. The first-order chi connectivity index (χ1) is 9.22.